The molecule has 1 fully saturated rings. The van der Waals surface area contributed by atoms with Crippen LogP contribution in [0.4, 0.5) is 11.4 Å². The maximum Gasteiger partial charge on any atom is 0.303 e. The largest absolute Gasteiger partial charge is 0.481 e. The maximum atomic E-state index is 11.7. The molecule has 11 nitrogen and oxygen atoms in total. The van der Waals surface area contributed by atoms with Gasteiger partial charge in [0.05, 0.1) is 35.9 Å². The molecule has 0 radical (unpaired) electrons. The van der Waals surface area contributed by atoms with Crippen LogP contribution in [0.5, 0.6) is 0 Å². The number of nitrogens with zero attached hydrogens (tertiary/aromatic N) is 5. The number of benzene rings is 3. The number of aromatic nitrogens is 3. The predicted molar refractivity (Wildman–Crippen MR) is 184 cm³/mol. The number of halogens is 1. The van der Waals surface area contributed by atoms with E-state index in [9.17, 15) is 16.5 Å². The van der Waals surface area contributed by atoms with Crippen molar-refractivity contribution in [3.8, 4) is 17.2 Å². The van der Waals surface area contributed by atoms with Crippen molar-refractivity contribution in [1.29, 1.82) is 5.26 Å². The first kappa shape index (κ1) is 29.7. The Morgan fingerprint density at radius 3 is 2.60 bits per heavy atom. The Morgan fingerprint density at radius 2 is 1.88 bits per heavy atom. The van der Waals surface area contributed by atoms with Gasteiger partial charge >= 0.3 is 5.97 Å². The summed E-state index contributed by atoms with van der Waals surface area (Å²) in [6, 6.07) is 21.1. The molecule has 1 aliphatic carbocycles. The number of carboxylic acid groups (broad SMARTS) is 1. The van der Waals surface area contributed by atoms with Crippen molar-refractivity contribution in [2.75, 3.05) is 10.6 Å². The topological polar surface area (TPSA) is 151 Å². The van der Waals surface area contributed by atoms with E-state index in [-0.39, 0.29) is 18.4 Å². The molecule has 1 saturated carbocycles. The zero-order valence-corrected chi connectivity index (χ0v) is 26.4. The Bertz CT molecular complexity index is 2090. The lowest BCUT2D eigenvalue weighted by Crippen LogP contribution is -2.38. The summed E-state index contributed by atoms with van der Waals surface area (Å²) < 4.78 is 9.97. The number of hydrogen-bond acceptors (Lipinski definition) is 10. The van der Waals surface area contributed by atoms with Gasteiger partial charge in [0.15, 0.2) is 0 Å². The summed E-state index contributed by atoms with van der Waals surface area (Å²) in [5.74, 6) is -0.920. The molecule has 12 heteroatoms. The first-order valence-electron chi connectivity index (χ1n) is 16.0. The molecule has 0 saturated heterocycles. The van der Waals surface area contributed by atoms with Crippen molar-refractivity contribution in [2.45, 2.75) is 43.8 Å². The molecule has 0 bridgehead atoms. The fourth-order valence-electron chi connectivity index (χ4n) is 5.82. The van der Waals surface area contributed by atoms with Crippen molar-refractivity contribution < 1.29 is 11.3 Å². The number of nitrogens with one attached hydrogen (secondary N) is 4. The van der Waals surface area contributed by atoms with Crippen molar-refractivity contribution in [3.63, 3.8) is 0 Å². The minimum atomic E-state index is -1.59. The van der Waals surface area contributed by atoms with Gasteiger partial charge in [0.25, 0.3) is 0 Å². The summed E-state index contributed by atoms with van der Waals surface area (Å²) in [7, 11) is 0. The van der Waals surface area contributed by atoms with Crippen molar-refractivity contribution in [3.05, 3.63) is 125 Å². The molecular weight excluding hydrogens is 626 g/mol. The minimum absolute atomic E-state index is 0.0793. The van der Waals surface area contributed by atoms with Gasteiger partial charge in [-0.3, -0.25) is 14.8 Å². The number of hydrazine groups is 2. The highest BCUT2D eigenvalue weighted by atomic mass is 35.5. The summed E-state index contributed by atoms with van der Waals surface area (Å²) in [6.45, 7) is 0. The second kappa shape index (κ2) is 13.6. The van der Waals surface area contributed by atoms with E-state index in [0.29, 0.717) is 55.7 Å². The number of pyridine rings is 1. The Hall–Kier alpha value is -5.70. The van der Waals surface area contributed by atoms with Gasteiger partial charge < -0.3 is 21.2 Å². The summed E-state index contributed by atoms with van der Waals surface area (Å²) >= 11 is 6.76. The quantitative estimate of drug-likeness (QED) is 0.0972. The molecule has 48 heavy (non-hydrogen) atoms. The fraction of sp³-hybridized carbons (Fsp3) is 0.194. The number of carbonyl (C=O) groups is 1. The van der Waals surface area contributed by atoms with Crippen LogP contribution in [0.3, 0.4) is 0 Å². The number of rotatable bonds is 12. The molecular formula is C36H32ClN9O2. The molecule has 0 amide bonds. The first-order chi connectivity index (χ1) is 23.8. The van der Waals surface area contributed by atoms with E-state index in [1.807, 2.05) is 71.9 Å². The first-order valence-corrected chi connectivity index (χ1v) is 15.9. The Morgan fingerprint density at radius 1 is 1.10 bits per heavy atom. The van der Waals surface area contributed by atoms with Crippen molar-refractivity contribution >= 4 is 39.8 Å². The van der Waals surface area contributed by atoms with Crippen LogP contribution < -0.4 is 21.6 Å². The molecule has 2 aliphatic rings. The van der Waals surface area contributed by atoms with E-state index in [4.69, 9.17) is 16.6 Å². The second-order valence-electron chi connectivity index (χ2n) is 11.6. The lowest BCUT2D eigenvalue weighted by atomic mass is 9.97. The smallest absolute Gasteiger partial charge is 0.303 e. The van der Waals surface area contributed by atoms with Gasteiger partial charge in [0.1, 0.15) is 12.4 Å². The van der Waals surface area contributed by atoms with Gasteiger partial charge in [-0.25, -0.2) is 9.97 Å². The highest BCUT2D eigenvalue weighted by molar-refractivity contribution is 6.31. The fourth-order valence-corrected chi connectivity index (χ4v) is 6.05. The van der Waals surface area contributed by atoms with E-state index >= 15 is 0 Å². The van der Waals surface area contributed by atoms with Gasteiger partial charge in [-0.2, -0.15) is 5.26 Å². The van der Waals surface area contributed by atoms with Gasteiger partial charge in [0, 0.05) is 64.5 Å². The molecule has 2 aromatic heterocycles. The van der Waals surface area contributed by atoms with Crippen LogP contribution in [0.2, 0.25) is 5.02 Å². The lowest BCUT2D eigenvalue weighted by Gasteiger charge is -2.25. The second-order valence-corrected chi connectivity index (χ2v) is 12.1. The molecule has 1 unspecified atom stereocenters. The van der Waals surface area contributed by atoms with E-state index in [1.54, 1.807) is 18.5 Å². The Labute approximate surface area is 283 Å². The average Bonchev–Trinajstić information content (AvgIpc) is 3.85. The molecule has 0 spiro atoms. The molecule has 3 heterocycles. The molecule has 7 rings (SSSR count). The maximum absolute atomic E-state index is 11.7. The molecule has 5 N–H and O–H groups in total. The van der Waals surface area contributed by atoms with Crippen molar-refractivity contribution in [2.24, 2.45) is 0 Å². The highest BCUT2D eigenvalue weighted by Gasteiger charge is 2.33. The molecule has 5 aromatic rings. The van der Waals surface area contributed by atoms with Crippen LogP contribution in [0.15, 0.2) is 104 Å². The lowest BCUT2D eigenvalue weighted by molar-refractivity contribution is -0.137. The minimum Gasteiger partial charge on any atom is -0.481 e. The monoisotopic (exact) mass is 658 g/mol. The third-order valence-corrected chi connectivity index (χ3v) is 8.67. The molecule has 1 aliphatic heterocycles. The van der Waals surface area contributed by atoms with Crippen LogP contribution in [0, 0.1) is 11.3 Å². The number of hydrogen-bond donors (Lipinski definition) is 5. The van der Waals surface area contributed by atoms with Crippen molar-refractivity contribution in [1.82, 2.24) is 30.9 Å². The third kappa shape index (κ3) is 6.57. The van der Waals surface area contributed by atoms with E-state index in [2.05, 4.69) is 37.6 Å². The number of fused-ring (bicyclic) bond motifs is 1. The van der Waals surface area contributed by atoms with E-state index in [0.717, 1.165) is 18.4 Å². The van der Waals surface area contributed by atoms with Gasteiger partial charge in [-0.15, -0.1) is 5.53 Å². The SMILES string of the molecule is [2H]C(Nc1cc(-c2cncnc2)c2ncc(C#N)c(N[C@H](CCC(=O)O)c3ccccc3)c2c1)(C1=CN(C2CC2)NN1)c1ccccc1Cl. The van der Waals surface area contributed by atoms with E-state index < -0.39 is 18.0 Å². The number of anilines is 2. The summed E-state index contributed by atoms with van der Waals surface area (Å²) in [5.41, 5.74) is 11.5. The summed E-state index contributed by atoms with van der Waals surface area (Å²) in [4.78, 5) is 24.9. The van der Waals surface area contributed by atoms with Gasteiger partial charge in [-0.05, 0) is 48.6 Å². The van der Waals surface area contributed by atoms with E-state index in [1.165, 1.54) is 12.5 Å². The number of carboxylic acids is 1. The van der Waals surface area contributed by atoms with Gasteiger partial charge in [0.2, 0.25) is 0 Å². The predicted octanol–water partition coefficient (Wildman–Crippen LogP) is 6.72. The molecule has 2 atom stereocenters. The zero-order valence-electron chi connectivity index (χ0n) is 26.7. The summed E-state index contributed by atoms with van der Waals surface area (Å²) in [6.07, 6.45) is 10.5. The average molecular weight is 659 g/mol. The zero-order chi connectivity index (χ0) is 34.0. The standard InChI is InChI=1S/C36H32ClN9O2/c37-30-9-5-4-8-27(30)36(32-20-46(45-44-32)26-10-11-26)42-25-14-28(24-17-39-21-40-18-24)35-29(15-25)34(23(16-38)19-41-35)43-31(12-13-33(47)48)22-6-2-1-3-7-22/h1-9,14-15,17-21,26,31,36,42,44-45H,10-13H2,(H,41,43)(H,47,48)/t31-,36?/m1/s1/i36D. The number of nitriles is 1. The third-order valence-electron chi connectivity index (χ3n) is 8.34. The van der Waals surface area contributed by atoms with Crippen LogP contribution in [0.1, 0.15) is 55.8 Å². The molecule has 3 aromatic carbocycles. The highest BCUT2D eigenvalue weighted by Crippen LogP contribution is 2.40. The normalized spacial score (nSPS) is 16.2. The number of aliphatic carboxylic acids is 1. The molecule has 240 valence electrons. The summed E-state index contributed by atoms with van der Waals surface area (Å²) in [5, 5.41) is 29.8. The van der Waals surface area contributed by atoms with Crippen LogP contribution in [-0.4, -0.2) is 37.1 Å². The van der Waals surface area contributed by atoms with Crippen LogP contribution in [0.25, 0.3) is 22.0 Å². The van der Waals surface area contributed by atoms with Crippen LogP contribution in [-0.2, 0) is 4.79 Å². The Kier molecular flexibility index (Phi) is 8.39. The van der Waals surface area contributed by atoms with Gasteiger partial charge in [-0.1, -0.05) is 60.1 Å². The van der Waals surface area contributed by atoms with Crippen LogP contribution >= 0.6 is 11.6 Å². The Balaban J connectivity index is 1.41.